The molecule has 2 rings (SSSR count). The van der Waals surface area contributed by atoms with Crippen LogP contribution in [0.25, 0.3) is 0 Å². The Balaban J connectivity index is 1.78. The molecule has 0 atom stereocenters. The van der Waals surface area contributed by atoms with Crippen LogP contribution in [0.4, 0.5) is 10.5 Å². The van der Waals surface area contributed by atoms with Crippen molar-refractivity contribution < 1.29 is 9.59 Å². The number of piperidine rings is 1. The summed E-state index contributed by atoms with van der Waals surface area (Å²) in [4.78, 5) is 25.9. The number of rotatable bonds is 4. The zero-order valence-electron chi connectivity index (χ0n) is 13.7. The van der Waals surface area contributed by atoms with Gasteiger partial charge in [0, 0.05) is 36.8 Å². The molecule has 0 bridgehead atoms. The van der Waals surface area contributed by atoms with E-state index in [9.17, 15) is 9.59 Å². The van der Waals surface area contributed by atoms with Crippen LogP contribution in [-0.4, -0.2) is 36.5 Å². The first-order chi connectivity index (χ1) is 11.0. The number of urea groups is 1. The number of aryl methyl sites for hydroxylation is 2. The van der Waals surface area contributed by atoms with Gasteiger partial charge >= 0.3 is 6.03 Å². The Morgan fingerprint density at radius 2 is 1.74 bits per heavy atom. The summed E-state index contributed by atoms with van der Waals surface area (Å²) < 4.78 is 0. The lowest BCUT2D eigenvalue weighted by Gasteiger charge is -2.26. The maximum Gasteiger partial charge on any atom is 0.319 e. The summed E-state index contributed by atoms with van der Waals surface area (Å²) in [5.41, 5.74) is 2.58. The molecule has 5 nitrogen and oxygen atoms in total. The van der Waals surface area contributed by atoms with Crippen molar-refractivity contribution in [2.75, 3.05) is 25.0 Å². The number of likely N-dealkylation sites (tertiary alicyclic amines) is 1. The predicted octanol–water partition coefficient (Wildman–Crippen LogP) is 3.48. The third-order valence-electron chi connectivity index (χ3n) is 4.07. The standard InChI is InChI=1S/C17H24ClN3O2/c1-12-10-14(18)11-13(2)16(12)20-17(23)19-7-6-15(22)21-8-4-3-5-9-21/h10-11H,3-9H2,1-2H3,(H2,19,20,23). The zero-order chi connectivity index (χ0) is 16.8. The van der Waals surface area contributed by atoms with Crippen LogP contribution >= 0.6 is 11.6 Å². The summed E-state index contributed by atoms with van der Waals surface area (Å²) >= 11 is 5.98. The largest absolute Gasteiger partial charge is 0.343 e. The van der Waals surface area contributed by atoms with Gasteiger partial charge in [0.15, 0.2) is 0 Å². The molecule has 1 fully saturated rings. The van der Waals surface area contributed by atoms with E-state index >= 15 is 0 Å². The van der Waals surface area contributed by atoms with E-state index in [1.165, 1.54) is 6.42 Å². The molecule has 0 unspecified atom stereocenters. The summed E-state index contributed by atoms with van der Waals surface area (Å²) in [6.45, 7) is 5.82. The number of halogens is 1. The Morgan fingerprint density at radius 3 is 2.35 bits per heavy atom. The van der Waals surface area contributed by atoms with Crippen LogP contribution in [0.5, 0.6) is 0 Å². The molecule has 2 N–H and O–H groups in total. The number of amides is 3. The molecule has 0 radical (unpaired) electrons. The first-order valence-electron chi connectivity index (χ1n) is 8.07. The number of hydrogen-bond donors (Lipinski definition) is 2. The molecular formula is C17H24ClN3O2. The molecule has 1 aliphatic rings. The summed E-state index contributed by atoms with van der Waals surface area (Å²) in [5, 5.41) is 6.22. The van der Waals surface area contributed by atoms with Gasteiger partial charge in [-0.05, 0) is 56.4 Å². The van der Waals surface area contributed by atoms with Crippen molar-refractivity contribution in [2.24, 2.45) is 0 Å². The third-order valence-corrected chi connectivity index (χ3v) is 4.29. The van der Waals surface area contributed by atoms with Crippen molar-refractivity contribution >= 4 is 29.2 Å². The quantitative estimate of drug-likeness (QED) is 0.883. The van der Waals surface area contributed by atoms with Crippen LogP contribution in [0.3, 0.4) is 0 Å². The Labute approximate surface area is 142 Å². The number of benzene rings is 1. The Kier molecular flexibility index (Phi) is 6.28. The molecule has 0 aliphatic carbocycles. The second kappa shape index (κ2) is 8.20. The van der Waals surface area contributed by atoms with Gasteiger partial charge in [0.05, 0.1) is 0 Å². The Morgan fingerprint density at radius 1 is 1.13 bits per heavy atom. The molecule has 23 heavy (non-hydrogen) atoms. The van der Waals surface area contributed by atoms with Gasteiger partial charge in [0.1, 0.15) is 0 Å². The van der Waals surface area contributed by atoms with Crippen molar-refractivity contribution in [2.45, 2.75) is 39.5 Å². The van der Waals surface area contributed by atoms with Gasteiger partial charge < -0.3 is 15.5 Å². The van der Waals surface area contributed by atoms with Crippen LogP contribution in [-0.2, 0) is 4.79 Å². The minimum atomic E-state index is -0.301. The van der Waals surface area contributed by atoms with E-state index in [1.807, 2.05) is 30.9 Å². The molecule has 0 aromatic heterocycles. The first kappa shape index (κ1) is 17.6. The van der Waals surface area contributed by atoms with Gasteiger partial charge in [-0.2, -0.15) is 0 Å². The molecule has 1 aromatic carbocycles. The molecule has 1 aliphatic heterocycles. The highest BCUT2D eigenvalue weighted by Gasteiger charge is 2.16. The molecule has 0 spiro atoms. The highest BCUT2D eigenvalue weighted by atomic mass is 35.5. The summed E-state index contributed by atoms with van der Waals surface area (Å²) in [5.74, 6) is 0.115. The Hall–Kier alpha value is -1.75. The van der Waals surface area contributed by atoms with E-state index in [2.05, 4.69) is 10.6 Å². The van der Waals surface area contributed by atoms with Gasteiger partial charge in [0.2, 0.25) is 5.91 Å². The smallest absolute Gasteiger partial charge is 0.319 e. The lowest BCUT2D eigenvalue weighted by atomic mass is 10.1. The van der Waals surface area contributed by atoms with Crippen LogP contribution in [0.15, 0.2) is 12.1 Å². The van der Waals surface area contributed by atoms with Crippen LogP contribution in [0.1, 0.15) is 36.8 Å². The van der Waals surface area contributed by atoms with Gasteiger partial charge in [-0.3, -0.25) is 4.79 Å². The number of nitrogens with one attached hydrogen (secondary N) is 2. The summed E-state index contributed by atoms with van der Waals surface area (Å²) in [6, 6.07) is 3.32. The molecule has 3 amide bonds. The topological polar surface area (TPSA) is 61.4 Å². The van der Waals surface area contributed by atoms with E-state index in [4.69, 9.17) is 11.6 Å². The van der Waals surface area contributed by atoms with Gasteiger partial charge in [-0.1, -0.05) is 11.6 Å². The maximum absolute atomic E-state index is 12.0. The van der Waals surface area contributed by atoms with Gasteiger partial charge in [-0.15, -0.1) is 0 Å². The molecular weight excluding hydrogens is 314 g/mol. The number of anilines is 1. The monoisotopic (exact) mass is 337 g/mol. The fourth-order valence-electron chi connectivity index (χ4n) is 2.85. The minimum absolute atomic E-state index is 0.115. The Bertz CT molecular complexity index is 560. The SMILES string of the molecule is Cc1cc(Cl)cc(C)c1NC(=O)NCCC(=O)N1CCCCC1. The minimum Gasteiger partial charge on any atom is -0.343 e. The van der Waals surface area contributed by atoms with Crippen LogP contribution in [0.2, 0.25) is 5.02 Å². The summed E-state index contributed by atoms with van der Waals surface area (Å²) in [7, 11) is 0. The van der Waals surface area contributed by atoms with Gasteiger partial charge in [0.25, 0.3) is 0 Å². The lowest BCUT2D eigenvalue weighted by molar-refractivity contribution is -0.131. The second-order valence-corrected chi connectivity index (χ2v) is 6.42. The highest BCUT2D eigenvalue weighted by molar-refractivity contribution is 6.30. The van der Waals surface area contributed by atoms with Gasteiger partial charge in [-0.25, -0.2) is 4.79 Å². The van der Waals surface area contributed by atoms with Crippen molar-refractivity contribution in [3.63, 3.8) is 0 Å². The zero-order valence-corrected chi connectivity index (χ0v) is 14.5. The maximum atomic E-state index is 12.0. The van der Waals surface area contributed by atoms with Crippen molar-refractivity contribution in [3.05, 3.63) is 28.3 Å². The van der Waals surface area contributed by atoms with Crippen LogP contribution in [0, 0.1) is 13.8 Å². The van der Waals surface area contributed by atoms with Crippen LogP contribution < -0.4 is 10.6 Å². The van der Waals surface area contributed by atoms with E-state index in [0.717, 1.165) is 42.7 Å². The highest BCUT2D eigenvalue weighted by Crippen LogP contribution is 2.24. The number of nitrogens with zero attached hydrogens (tertiary/aromatic N) is 1. The average molecular weight is 338 g/mol. The molecule has 1 aromatic rings. The van der Waals surface area contributed by atoms with E-state index in [-0.39, 0.29) is 11.9 Å². The molecule has 1 heterocycles. The molecule has 1 saturated heterocycles. The predicted molar refractivity (Wildman–Crippen MR) is 93.0 cm³/mol. The number of hydrogen-bond acceptors (Lipinski definition) is 2. The second-order valence-electron chi connectivity index (χ2n) is 5.99. The third kappa shape index (κ3) is 5.13. The fraction of sp³-hybridized carbons (Fsp3) is 0.529. The molecule has 126 valence electrons. The normalized spacial score (nSPS) is 14.5. The average Bonchev–Trinajstić information content (AvgIpc) is 2.51. The summed E-state index contributed by atoms with van der Waals surface area (Å²) in [6.07, 6.45) is 3.69. The van der Waals surface area contributed by atoms with Crippen molar-refractivity contribution in [3.8, 4) is 0 Å². The molecule has 6 heteroatoms. The lowest BCUT2D eigenvalue weighted by Crippen LogP contribution is -2.38. The first-order valence-corrected chi connectivity index (χ1v) is 8.44. The number of carbonyl (C=O) groups excluding carboxylic acids is 2. The van der Waals surface area contributed by atoms with Crippen molar-refractivity contribution in [1.82, 2.24) is 10.2 Å². The van der Waals surface area contributed by atoms with E-state index in [1.54, 1.807) is 0 Å². The molecule has 0 saturated carbocycles. The van der Waals surface area contributed by atoms with E-state index in [0.29, 0.717) is 18.0 Å². The van der Waals surface area contributed by atoms with Crippen molar-refractivity contribution in [1.29, 1.82) is 0 Å². The van der Waals surface area contributed by atoms with E-state index < -0.39 is 0 Å². The number of carbonyl (C=O) groups is 2. The fourth-order valence-corrected chi connectivity index (χ4v) is 3.18.